The van der Waals surface area contributed by atoms with Crippen molar-refractivity contribution in [3.8, 4) is 5.75 Å². The zero-order valence-corrected chi connectivity index (χ0v) is 19.3. The number of rotatable bonds is 7. The molecule has 11 heteroatoms. The molecule has 1 heterocycles. The summed E-state index contributed by atoms with van der Waals surface area (Å²) in [6.45, 7) is 2.42. The van der Waals surface area contributed by atoms with Gasteiger partial charge in [0, 0.05) is 0 Å². The number of hydrogen-bond acceptors (Lipinski definition) is 7. The summed E-state index contributed by atoms with van der Waals surface area (Å²) in [5.41, 5.74) is 0.606. The van der Waals surface area contributed by atoms with E-state index in [0.29, 0.717) is 19.4 Å². The van der Waals surface area contributed by atoms with E-state index in [1.165, 1.54) is 6.08 Å². The van der Waals surface area contributed by atoms with Gasteiger partial charge in [-0.1, -0.05) is 0 Å². The lowest BCUT2D eigenvalue weighted by Gasteiger charge is -2.13. The van der Waals surface area contributed by atoms with Crippen LogP contribution < -0.4 is 4.74 Å². The summed E-state index contributed by atoms with van der Waals surface area (Å²) >= 11 is 6.02. The number of amides is 2. The molecule has 2 amide bonds. The highest BCUT2D eigenvalue weighted by molar-refractivity contribution is 14.1. The Kier molecular flexibility index (Phi) is 7.89. The summed E-state index contributed by atoms with van der Waals surface area (Å²) in [6.07, 6.45) is 1.18. The highest BCUT2D eigenvalue weighted by Crippen LogP contribution is 2.36. The molecule has 1 aliphatic heterocycles. The van der Waals surface area contributed by atoms with Gasteiger partial charge in [0.15, 0.2) is 6.61 Å². The number of imide groups is 1. The molecule has 1 saturated heterocycles. The van der Waals surface area contributed by atoms with Gasteiger partial charge in [-0.15, -0.1) is 0 Å². The predicted octanol–water partition coefficient (Wildman–Crippen LogP) is 3.51. The molecule has 0 atom stereocenters. The van der Waals surface area contributed by atoms with Crippen LogP contribution in [0.4, 0.5) is 4.79 Å². The zero-order valence-electron chi connectivity index (χ0n) is 14.7. The summed E-state index contributed by atoms with van der Waals surface area (Å²) in [5.74, 6) is -1.97. The zero-order chi connectivity index (χ0) is 21.0. The van der Waals surface area contributed by atoms with Gasteiger partial charge in [0.25, 0.3) is 11.1 Å². The standard InChI is InChI=1S/C17H15BrINO7S/c1-8(2)27-14(23)6-20-16(24)12(28-17(20)25)5-9-3-10(18)15(11(19)4-9)26-7-13(21)22/h3-5,8H,6-7H2,1-2H3,(H,21,22)/b12-5+. The molecular weight excluding hydrogens is 569 g/mol. The summed E-state index contributed by atoms with van der Waals surface area (Å²) in [5, 5.41) is 8.18. The number of carbonyl (C=O) groups is 4. The molecule has 0 radical (unpaired) electrons. The highest BCUT2D eigenvalue weighted by Gasteiger charge is 2.36. The van der Waals surface area contributed by atoms with E-state index in [-0.39, 0.29) is 11.0 Å². The van der Waals surface area contributed by atoms with E-state index >= 15 is 0 Å². The van der Waals surface area contributed by atoms with Crippen molar-refractivity contribution in [1.29, 1.82) is 0 Å². The second kappa shape index (κ2) is 9.74. The summed E-state index contributed by atoms with van der Waals surface area (Å²) in [6, 6.07) is 3.32. The number of esters is 1. The third kappa shape index (κ3) is 5.95. The summed E-state index contributed by atoms with van der Waals surface area (Å²) in [4.78, 5) is 48.0. The van der Waals surface area contributed by atoms with Crippen LogP contribution in [-0.4, -0.2) is 52.3 Å². The number of hydrogen-bond donors (Lipinski definition) is 1. The number of carboxylic acid groups (broad SMARTS) is 1. The van der Waals surface area contributed by atoms with Crippen molar-refractivity contribution in [2.75, 3.05) is 13.2 Å². The van der Waals surface area contributed by atoms with Crippen LogP contribution in [-0.2, 0) is 19.1 Å². The molecule has 0 unspecified atom stereocenters. The van der Waals surface area contributed by atoms with Crippen molar-refractivity contribution in [1.82, 2.24) is 4.90 Å². The molecule has 28 heavy (non-hydrogen) atoms. The van der Waals surface area contributed by atoms with Crippen LogP contribution in [0.2, 0.25) is 0 Å². The molecule has 2 rings (SSSR count). The molecule has 0 spiro atoms. The number of nitrogens with zero attached hydrogens (tertiary/aromatic N) is 1. The maximum atomic E-state index is 12.5. The van der Waals surface area contributed by atoms with E-state index in [9.17, 15) is 19.2 Å². The van der Waals surface area contributed by atoms with Crippen molar-refractivity contribution < 1.29 is 33.8 Å². The molecular formula is C17H15BrINO7S. The Hall–Kier alpha value is -1.60. The number of carboxylic acids is 1. The smallest absolute Gasteiger partial charge is 0.341 e. The third-order valence-corrected chi connectivity index (χ3v) is 5.48. The van der Waals surface area contributed by atoms with Gasteiger partial charge >= 0.3 is 11.9 Å². The Bertz CT molecular complexity index is 848. The lowest BCUT2D eigenvalue weighted by molar-refractivity contribution is -0.149. The van der Waals surface area contributed by atoms with E-state index in [1.807, 2.05) is 22.6 Å². The van der Waals surface area contributed by atoms with E-state index in [4.69, 9.17) is 14.6 Å². The molecule has 1 aromatic rings. The van der Waals surface area contributed by atoms with E-state index in [2.05, 4.69) is 15.9 Å². The average Bonchev–Trinajstić information content (AvgIpc) is 2.80. The lowest BCUT2D eigenvalue weighted by Crippen LogP contribution is -2.35. The fourth-order valence-corrected chi connectivity index (χ4v) is 4.76. The topological polar surface area (TPSA) is 110 Å². The minimum absolute atomic E-state index is 0.171. The lowest BCUT2D eigenvalue weighted by atomic mass is 10.2. The number of ether oxygens (including phenoxy) is 2. The van der Waals surface area contributed by atoms with E-state index in [1.54, 1.807) is 26.0 Å². The molecule has 0 aliphatic carbocycles. The van der Waals surface area contributed by atoms with Crippen LogP contribution >= 0.6 is 50.3 Å². The Balaban J connectivity index is 2.19. The maximum Gasteiger partial charge on any atom is 0.341 e. The highest BCUT2D eigenvalue weighted by atomic mass is 127. The first kappa shape index (κ1) is 22.7. The van der Waals surface area contributed by atoms with Crippen LogP contribution in [0, 0.1) is 3.57 Å². The molecule has 1 N–H and O–H groups in total. The van der Waals surface area contributed by atoms with E-state index < -0.39 is 36.2 Å². The first-order chi connectivity index (χ1) is 13.1. The van der Waals surface area contributed by atoms with Crippen molar-refractivity contribution in [3.63, 3.8) is 0 Å². The largest absolute Gasteiger partial charge is 0.480 e. The first-order valence-corrected chi connectivity index (χ1v) is 10.6. The van der Waals surface area contributed by atoms with Crippen molar-refractivity contribution in [3.05, 3.63) is 30.6 Å². The van der Waals surface area contributed by atoms with Crippen LogP contribution in [0.5, 0.6) is 5.75 Å². The molecule has 1 fully saturated rings. The van der Waals surface area contributed by atoms with Crippen molar-refractivity contribution in [2.45, 2.75) is 20.0 Å². The predicted molar refractivity (Wildman–Crippen MR) is 114 cm³/mol. The van der Waals surface area contributed by atoms with Gasteiger partial charge < -0.3 is 14.6 Å². The fraction of sp³-hybridized carbons (Fsp3) is 0.294. The third-order valence-electron chi connectivity index (χ3n) is 3.19. The van der Waals surface area contributed by atoms with E-state index in [0.717, 1.165) is 16.7 Å². The van der Waals surface area contributed by atoms with Crippen molar-refractivity contribution >= 4 is 79.4 Å². The van der Waals surface area contributed by atoms with Crippen LogP contribution in [0.15, 0.2) is 21.5 Å². The molecule has 1 aromatic carbocycles. The minimum atomic E-state index is -1.10. The van der Waals surface area contributed by atoms with Gasteiger partial charge in [-0.3, -0.25) is 19.3 Å². The average molecular weight is 584 g/mol. The quantitative estimate of drug-likeness (QED) is 0.295. The van der Waals surface area contributed by atoms with Crippen LogP contribution in [0.3, 0.4) is 0 Å². The normalized spacial score (nSPS) is 15.5. The number of thioether (sulfide) groups is 1. The monoisotopic (exact) mass is 583 g/mol. The first-order valence-electron chi connectivity index (χ1n) is 7.87. The summed E-state index contributed by atoms with van der Waals surface area (Å²) < 4.78 is 11.3. The Morgan fingerprint density at radius 3 is 2.61 bits per heavy atom. The van der Waals surface area contributed by atoms with Gasteiger partial charge in [-0.05, 0) is 87.9 Å². The second-order valence-electron chi connectivity index (χ2n) is 5.80. The second-order valence-corrected chi connectivity index (χ2v) is 8.81. The molecule has 0 aromatic heterocycles. The number of benzene rings is 1. The minimum Gasteiger partial charge on any atom is -0.480 e. The van der Waals surface area contributed by atoms with Gasteiger partial charge in [0.2, 0.25) is 0 Å². The molecule has 0 bridgehead atoms. The van der Waals surface area contributed by atoms with Gasteiger partial charge in [-0.25, -0.2) is 4.79 Å². The van der Waals surface area contributed by atoms with Crippen LogP contribution in [0.1, 0.15) is 19.4 Å². The Morgan fingerprint density at radius 2 is 2.04 bits per heavy atom. The molecule has 0 saturated carbocycles. The Labute approximate surface area is 186 Å². The van der Waals surface area contributed by atoms with Gasteiger partial charge in [0.1, 0.15) is 12.3 Å². The fourth-order valence-electron chi connectivity index (χ4n) is 2.15. The molecule has 150 valence electrons. The van der Waals surface area contributed by atoms with Crippen molar-refractivity contribution in [2.24, 2.45) is 0 Å². The molecule has 8 nitrogen and oxygen atoms in total. The number of aliphatic carboxylic acids is 1. The summed E-state index contributed by atoms with van der Waals surface area (Å²) in [7, 11) is 0. The van der Waals surface area contributed by atoms with Crippen LogP contribution in [0.25, 0.3) is 6.08 Å². The Morgan fingerprint density at radius 1 is 1.36 bits per heavy atom. The number of carbonyl (C=O) groups excluding carboxylic acids is 3. The maximum absolute atomic E-state index is 12.5. The number of halogens is 2. The SMILES string of the molecule is CC(C)OC(=O)CN1C(=O)S/C(=C/c2cc(Br)c(OCC(=O)O)c(I)c2)C1=O. The molecule has 1 aliphatic rings. The van der Waals surface area contributed by atoms with Gasteiger partial charge in [-0.2, -0.15) is 0 Å². The van der Waals surface area contributed by atoms with Gasteiger partial charge in [0.05, 0.1) is 19.1 Å².